The van der Waals surface area contributed by atoms with Gasteiger partial charge in [-0.3, -0.25) is 9.48 Å². The Morgan fingerprint density at radius 1 is 1.32 bits per heavy atom. The van der Waals surface area contributed by atoms with Gasteiger partial charge in [0.05, 0.1) is 23.7 Å². The highest BCUT2D eigenvalue weighted by molar-refractivity contribution is 9.08. The van der Waals surface area contributed by atoms with Crippen molar-refractivity contribution in [3.63, 3.8) is 0 Å². The number of allylic oxidation sites excluding steroid dienone is 1. The van der Waals surface area contributed by atoms with Crippen LogP contribution >= 0.6 is 15.9 Å². The predicted molar refractivity (Wildman–Crippen MR) is 145 cm³/mol. The molecule has 3 fully saturated rings. The van der Waals surface area contributed by atoms with Crippen molar-refractivity contribution in [2.24, 2.45) is 34.5 Å². The van der Waals surface area contributed by atoms with Crippen LogP contribution < -0.4 is 0 Å². The summed E-state index contributed by atoms with van der Waals surface area (Å²) in [4.78, 5) is 12.3. The molecule has 200 valence electrons. The first kappa shape index (κ1) is 25.4. The molecule has 3 saturated carbocycles. The Kier molecular flexibility index (Phi) is 6.26. The molecule has 6 nitrogen and oxygen atoms in total. The number of rotatable bonds is 5. The minimum absolute atomic E-state index is 0.0836. The summed E-state index contributed by atoms with van der Waals surface area (Å²) in [5, 5.41) is 17.4. The Balaban J connectivity index is 1.27. The van der Waals surface area contributed by atoms with Crippen molar-refractivity contribution in [3.05, 3.63) is 46.7 Å². The first-order valence-corrected chi connectivity index (χ1v) is 15.1. The monoisotopic (exact) mass is 570 g/mol. The molecule has 0 amide bonds. The van der Waals surface area contributed by atoms with Crippen LogP contribution in [0.2, 0.25) is 0 Å². The molecule has 0 spiro atoms. The minimum Gasteiger partial charge on any atom is -0.463 e. The lowest BCUT2D eigenvalue weighted by molar-refractivity contribution is -0.172. The summed E-state index contributed by atoms with van der Waals surface area (Å²) >= 11 is 3.45. The van der Waals surface area contributed by atoms with Crippen LogP contribution in [0.4, 0.5) is 0 Å². The van der Waals surface area contributed by atoms with Gasteiger partial charge in [-0.05, 0) is 85.0 Å². The molecule has 0 saturated heterocycles. The van der Waals surface area contributed by atoms with Gasteiger partial charge in [-0.15, -0.1) is 0 Å². The van der Waals surface area contributed by atoms with E-state index >= 15 is 0 Å². The van der Waals surface area contributed by atoms with Gasteiger partial charge in [-0.1, -0.05) is 49.2 Å². The zero-order valence-corrected chi connectivity index (χ0v) is 24.0. The summed E-state index contributed by atoms with van der Waals surface area (Å²) in [6.45, 7) is 9.36. The maximum Gasteiger partial charge on any atom is 0.305 e. The Morgan fingerprint density at radius 3 is 2.84 bits per heavy atom. The number of aromatic nitrogens is 2. The summed E-state index contributed by atoms with van der Waals surface area (Å²) in [6.07, 6.45) is 9.18. The number of alkyl halides is 1. The van der Waals surface area contributed by atoms with E-state index in [1.807, 2.05) is 23.7 Å². The fourth-order valence-corrected chi connectivity index (χ4v) is 9.16. The highest BCUT2D eigenvalue weighted by atomic mass is 79.9. The van der Waals surface area contributed by atoms with E-state index in [1.54, 1.807) is 0 Å². The highest BCUT2D eigenvalue weighted by Crippen LogP contribution is 2.66. The number of hydrogen-bond acceptors (Lipinski definition) is 5. The summed E-state index contributed by atoms with van der Waals surface area (Å²) in [6, 6.07) is 4.02. The van der Waals surface area contributed by atoms with E-state index in [0.717, 1.165) is 42.9 Å². The Bertz CT molecular complexity index is 1230. The van der Waals surface area contributed by atoms with E-state index < -0.39 is 6.10 Å². The Morgan fingerprint density at radius 2 is 2.11 bits per heavy atom. The molecule has 4 aliphatic carbocycles. The SMILES string of the molecule is CCC(=O)O[C@@H]1C(C)CC2C3CCC4=Cc5nn(Cc6ccc(CBr)o6)cc5CC4(C)C3C(O)CC21C. The molecule has 2 aromatic rings. The molecule has 4 aliphatic rings. The van der Waals surface area contributed by atoms with Crippen LogP contribution in [-0.4, -0.2) is 33.1 Å². The zero-order valence-electron chi connectivity index (χ0n) is 22.4. The third-order valence-corrected chi connectivity index (χ3v) is 10.9. The van der Waals surface area contributed by atoms with Gasteiger partial charge >= 0.3 is 5.97 Å². The second-order valence-corrected chi connectivity index (χ2v) is 13.2. The molecule has 0 radical (unpaired) electrons. The average molecular weight is 572 g/mol. The Labute approximate surface area is 228 Å². The van der Waals surface area contributed by atoms with Crippen LogP contribution in [-0.2, 0) is 27.8 Å². The number of carbonyl (C=O) groups is 1. The van der Waals surface area contributed by atoms with E-state index in [9.17, 15) is 9.90 Å². The fraction of sp³-hybridized carbons (Fsp3) is 0.667. The van der Waals surface area contributed by atoms with E-state index in [0.29, 0.717) is 42.5 Å². The van der Waals surface area contributed by atoms with Crippen molar-refractivity contribution in [2.75, 3.05) is 0 Å². The maximum atomic E-state index is 12.3. The number of aliphatic hydroxyl groups excluding tert-OH is 1. The number of carbonyl (C=O) groups excluding carboxylic acids is 1. The third kappa shape index (κ3) is 3.98. The number of hydrogen-bond donors (Lipinski definition) is 1. The maximum absolute atomic E-state index is 12.3. The largest absolute Gasteiger partial charge is 0.463 e. The molecule has 1 N–H and O–H groups in total. The molecule has 7 heteroatoms. The van der Waals surface area contributed by atoms with Crippen molar-refractivity contribution >= 4 is 28.0 Å². The number of halogens is 1. The average Bonchev–Trinajstić information content (AvgIpc) is 3.53. The number of ether oxygens (including phenoxy) is 1. The van der Waals surface area contributed by atoms with Gasteiger partial charge in [0.2, 0.25) is 0 Å². The van der Waals surface area contributed by atoms with Gasteiger partial charge in [-0.25, -0.2) is 0 Å². The van der Waals surface area contributed by atoms with Crippen molar-refractivity contribution < 1.29 is 19.1 Å². The first-order chi connectivity index (χ1) is 17.7. The molecular formula is C30H39BrN2O4. The molecule has 8 atom stereocenters. The van der Waals surface area contributed by atoms with Crippen LogP contribution in [0.15, 0.2) is 28.3 Å². The van der Waals surface area contributed by atoms with Crippen LogP contribution in [0.5, 0.6) is 0 Å². The molecule has 2 aromatic heterocycles. The highest BCUT2D eigenvalue weighted by Gasteiger charge is 2.64. The predicted octanol–water partition coefficient (Wildman–Crippen LogP) is 6.14. The van der Waals surface area contributed by atoms with E-state index in [4.69, 9.17) is 14.3 Å². The topological polar surface area (TPSA) is 77.5 Å². The van der Waals surface area contributed by atoms with Gasteiger partial charge in [0.1, 0.15) is 17.6 Å². The molecule has 7 unspecified atom stereocenters. The smallest absolute Gasteiger partial charge is 0.305 e. The van der Waals surface area contributed by atoms with E-state index in [2.05, 4.69) is 49.0 Å². The quantitative estimate of drug-likeness (QED) is 0.345. The van der Waals surface area contributed by atoms with Crippen LogP contribution in [0.1, 0.15) is 82.6 Å². The van der Waals surface area contributed by atoms with E-state index in [1.165, 1.54) is 11.1 Å². The first-order valence-electron chi connectivity index (χ1n) is 13.9. The van der Waals surface area contributed by atoms with Crippen molar-refractivity contribution in [3.8, 4) is 0 Å². The van der Waals surface area contributed by atoms with Crippen molar-refractivity contribution in [1.82, 2.24) is 9.78 Å². The lowest BCUT2D eigenvalue weighted by Gasteiger charge is -2.59. The van der Waals surface area contributed by atoms with Crippen LogP contribution in [0, 0.1) is 34.5 Å². The van der Waals surface area contributed by atoms with Crippen LogP contribution in [0.25, 0.3) is 6.08 Å². The van der Waals surface area contributed by atoms with Gasteiger partial charge < -0.3 is 14.3 Å². The molecule has 0 bridgehead atoms. The van der Waals surface area contributed by atoms with Crippen molar-refractivity contribution in [2.45, 2.75) is 90.3 Å². The molecule has 0 aliphatic heterocycles. The normalized spacial score (nSPS) is 38.3. The molecule has 2 heterocycles. The Hall–Kier alpha value is -1.86. The number of nitrogens with zero attached hydrogens (tertiary/aromatic N) is 2. The molecule has 6 rings (SSSR count). The second-order valence-electron chi connectivity index (χ2n) is 12.6. The van der Waals surface area contributed by atoms with Gasteiger partial charge in [-0.2, -0.15) is 5.10 Å². The number of esters is 1. The molecular weight excluding hydrogens is 532 g/mol. The number of fused-ring (bicyclic) bond motifs is 6. The molecule has 37 heavy (non-hydrogen) atoms. The minimum atomic E-state index is -0.407. The molecule has 0 aromatic carbocycles. The van der Waals surface area contributed by atoms with Gasteiger partial charge in [0.15, 0.2) is 0 Å². The third-order valence-electron chi connectivity index (χ3n) is 10.4. The zero-order chi connectivity index (χ0) is 26.1. The number of furan rings is 1. The van der Waals surface area contributed by atoms with E-state index in [-0.39, 0.29) is 28.8 Å². The second kappa shape index (κ2) is 9.11. The lowest BCUT2D eigenvalue weighted by Crippen LogP contribution is -2.57. The van der Waals surface area contributed by atoms with Crippen molar-refractivity contribution in [1.29, 1.82) is 0 Å². The lowest BCUT2D eigenvalue weighted by atomic mass is 9.46. The summed E-state index contributed by atoms with van der Waals surface area (Å²) in [5.41, 5.74) is 3.52. The summed E-state index contributed by atoms with van der Waals surface area (Å²) in [5.74, 6) is 3.14. The summed E-state index contributed by atoms with van der Waals surface area (Å²) < 4.78 is 13.9. The van der Waals surface area contributed by atoms with Crippen LogP contribution in [0.3, 0.4) is 0 Å². The summed E-state index contributed by atoms with van der Waals surface area (Å²) in [7, 11) is 0. The number of aliphatic hydroxyl groups is 1. The standard InChI is InChI=1S/C30H39BrN2O4/c1-5-26(35)37-28-17(2)10-23-22-9-6-19-11-24-18(12-29(19,3)27(22)25(34)13-30(23,28)4)15-33(32-24)16-21-8-7-20(14-31)36-21/h7-8,11,15,17,22-23,25,27-28,34H,5-6,9-10,12-14,16H2,1-4H3/t17?,22?,23?,25?,27?,28-,29?,30?/m1/s1. The van der Waals surface area contributed by atoms with Gasteiger partial charge in [0, 0.05) is 18.0 Å². The fourth-order valence-electron chi connectivity index (χ4n) is 8.86. The van der Waals surface area contributed by atoms with Gasteiger partial charge in [0.25, 0.3) is 0 Å².